The Balaban J connectivity index is 1.50. The number of hydrogen-bond donors (Lipinski definition) is 0. The topological polar surface area (TPSA) is 50.3 Å². The van der Waals surface area contributed by atoms with Gasteiger partial charge < -0.3 is 4.90 Å². The maximum Gasteiger partial charge on any atom is 0.417 e. The van der Waals surface area contributed by atoms with Gasteiger partial charge in [0.25, 0.3) is 0 Å². The SMILES string of the molecule is Cc1cc(C)cc(-c2csc(N3CCC(S(=O)(=O)c4ccccc4C(F)(F)F)CC3)n2)c1. The molecule has 1 fully saturated rings. The predicted molar refractivity (Wildman–Crippen MR) is 121 cm³/mol. The van der Waals surface area contributed by atoms with Crippen molar-refractivity contribution in [2.45, 2.75) is 43.0 Å². The van der Waals surface area contributed by atoms with Gasteiger partial charge in [-0.2, -0.15) is 13.2 Å². The standard InChI is InChI=1S/C23H23F3N2O2S2/c1-15-11-16(2)13-17(12-15)20-14-31-22(27-20)28-9-7-18(8-10-28)32(29,30)21-6-4-3-5-19(21)23(24,25)26/h3-6,11-14,18H,7-10H2,1-2H3. The average Bonchev–Trinajstić information content (AvgIpc) is 3.23. The smallest absolute Gasteiger partial charge is 0.348 e. The summed E-state index contributed by atoms with van der Waals surface area (Å²) in [6.07, 6.45) is -4.20. The van der Waals surface area contributed by atoms with E-state index < -0.39 is 31.7 Å². The van der Waals surface area contributed by atoms with Crippen molar-refractivity contribution in [1.29, 1.82) is 0 Å². The van der Waals surface area contributed by atoms with Crippen LogP contribution in [0.3, 0.4) is 0 Å². The number of alkyl halides is 3. The lowest BCUT2D eigenvalue weighted by Gasteiger charge is -2.31. The van der Waals surface area contributed by atoms with Crippen molar-refractivity contribution in [3.05, 3.63) is 64.5 Å². The Kier molecular flexibility index (Phi) is 6.06. The summed E-state index contributed by atoms with van der Waals surface area (Å²) < 4.78 is 66.1. The van der Waals surface area contributed by atoms with E-state index in [-0.39, 0.29) is 12.8 Å². The lowest BCUT2D eigenvalue weighted by molar-refractivity contribution is -0.139. The van der Waals surface area contributed by atoms with E-state index >= 15 is 0 Å². The molecule has 2 heterocycles. The van der Waals surface area contributed by atoms with Gasteiger partial charge in [0.2, 0.25) is 0 Å². The van der Waals surface area contributed by atoms with Gasteiger partial charge in [0.1, 0.15) is 0 Å². The fourth-order valence-electron chi connectivity index (χ4n) is 4.15. The first-order valence-corrected chi connectivity index (χ1v) is 12.7. The van der Waals surface area contributed by atoms with E-state index in [2.05, 4.69) is 18.2 Å². The second-order valence-corrected chi connectivity index (χ2v) is 11.2. The van der Waals surface area contributed by atoms with Crippen molar-refractivity contribution in [2.24, 2.45) is 0 Å². The molecule has 0 amide bonds. The van der Waals surface area contributed by atoms with Gasteiger partial charge in [0, 0.05) is 24.0 Å². The van der Waals surface area contributed by atoms with Gasteiger partial charge in [0.15, 0.2) is 15.0 Å². The summed E-state index contributed by atoms with van der Waals surface area (Å²) in [5, 5.41) is 1.93. The first-order valence-electron chi connectivity index (χ1n) is 10.2. The fourth-order valence-corrected chi connectivity index (χ4v) is 6.99. The van der Waals surface area contributed by atoms with Crippen LogP contribution in [0.5, 0.6) is 0 Å². The number of halogens is 3. The highest BCUT2D eigenvalue weighted by Crippen LogP contribution is 2.37. The molecule has 3 aromatic rings. The van der Waals surface area contributed by atoms with Gasteiger partial charge in [-0.05, 0) is 51.0 Å². The van der Waals surface area contributed by atoms with E-state index in [1.54, 1.807) is 0 Å². The number of aromatic nitrogens is 1. The Labute approximate surface area is 189 Å². The molecule has 1 aliphatic rings. The number of sulfone groups is 1. The zero-order valence-corrected chi connectivity index (χ0v) is 19.3. The molecule has 0 saturated carbocycles. The normalized spacial score (nSPS) is 15.8. The van der Waals surface area contributed by atoms with E-state index in [0.29, 0.717) is 13.1 Å². The molecule has 1 aromatic heterocycles. The number of anilines is 1. The highest BCUT2D eigenvalue weighted by Gasteiger charge is 2.40. The van der Waals surface area contributed by atoms with Crippen LogP contribution in [-0.2, 0) is 16.0 Å². The number of thiazole rings is 1. The van der Waals surface area contributed by atoms with Gasteiger partial charge in [-0.25, -0.2) is 13.4 Å². The van der Waals surface area contributed by atoms with Crippen molar-refractivity contribution in [3.8, 4) is 11.3 Å². The molecule has 1 aliphatic heterocycles. The summed E-state index contributed by atoms with van der Waals surface area (Å²) >= 11 is 1.49. The molecule has 0 aliphatic carbocycles. The maximum atomic E-state index is 13.3. The third-order valence-electron chi connectivity index (χ3n) is 5.66. The molecular formula is C23H23F3N2O2S2. The molecule has 0 unspecified atom stereocenters. The molecule has 170 valence electrons. The lowest BCUT2D eigenvalue weighted by Crippen LogP contribution is -2.39. The van der Waals surface area contributed by atoms with Crippen molar-refractivity contribution in [2.75, 3.05) is 18.0 Å². The molecule has 0 atom stereocenters. The third kappa shape index (κ3) is 4.54. The molecular weight excluding hydrogens is 457 g/mol. The van der Waals surface area contributed by atoms with Gasteiger partial charge in [-0.1, -0.05) is 29.3 Å². The van der Waals surface area contributed by atoms with Crippen molar-refractivity contribution in [3.63, 3.8) is 0 Å². The summed E-state index contributed by atoms with van der Waals surface area (Å²) in [6.45, 7) is 4.92. The van der Waals surface area contributed by atoms with Gasteiger partial charge in [-0.15, -0.1) is 11.3 Å². The molecule has 2 aromatic carbocycles. The van der Waals surface area contributed by atoms with Crippen LogP contribution in [0.25, 0.3) is 11.3 Å². The van der Waals surface area contributed by atoms with Gasteiger partial charge >= 0.3 is 6.18 Å². The highest BCUT2D eigenvalue weighted by atomic mass is 32.2. The van der Waals surface area contributed by atoms with Crippen LogP contribution < -0.4 is 4.90 Å². The fraction of sp³-hybridized carbons (Fsp3) is 0.348. The molecule has 1 saturated heterocycles. The van der Waals surface area contributed by atoms with Gasteiger partial charge in [0.05, 0.1) is 21.4 Å². The zero-order valence-electron chi connectivity index (χ0n) is 17.7. The quantitative estimate of drug-likeness (QED) is 0.467. The number of hydrogen-bond acceptors (Lipinski definition) is 5. The van der Waals surface area contributed by atoms with E-state index in [1.807, 2.05) is 24.1 Å². The summed E-state index contributed by atoms with van der Waals surface area (Å²) in [7, 11) is -4.09. The van der Waals surface area contributed by atoms with E-state index in [4.69, 9.17) is 4.98 Å². The predicted octanol–water partition coefficient (Wildman–Crippen LogP) is 5.89. The van der Waals surface area contributed by atoms with Crippen LogP contribution in [0.1, 0.15) is 29.5 Å². The third-order valence-corrected chi connectivity index (χ3v) is 8.88. The Morgan fingerprint density at radius 1 is 1.03 bits per heavy atom. The summed E-state index contributed by atoms with van der Waals surface area (Å²) in [4.78, 5) is 6.11. The molecule has 0 radical (unpaired) electrons. The van der Waals surface area contributed by atoms with Crippen LogP contribution in [0.4, 0.5) is 18.3 Å². The Hall–Kier alpha value is -2.39. The van der Waals surface area contributed by atoms with Crippen molar-refractivity contribution < 1.29 is 21.6 Å². The highest BCUT2D eigenvalue weighted by molar-refractivity contribution is 7.92. The number of benzene rings is 2. The second-order valence-electron chi connectivity index (χ2n) is 8.12. The minimum absolute atomic E-state index is 0.257. The molecule has 9 heteroatoms. The van der Waals surface area contributed by atoms with Crippen LogP contribution >= 0.6 is 11.3 Å². The van der Waals surface area contributed by atoms with Crippen LogP contribution in [0.15, 0.2) is 52.7 Å². The van der Waals surface area contributed by atoms with E-state index in [0.717, 1.165) is 39.6 Å². The molecule has 4 nitrogen and oxygen atoms in total. The Morgan fingerprint density at radius 3 is 2.28 bits per heavy atom. The number of rotatable bonds is 4. The van der Waals surface area contributed by atoms with Crippen LogP contribution in [0, 0.1) is 13.8 Å². The monoisotopic (exact) mass is 480 g/mol. The Morgan fingerprint density at radius 2 is 1.66 bits per heavy atom. The van der Waals surface area contributed by atoms with E-state index in [9.17, 15) is 21.6 Å². The lowest BCUT2D eigenvalue weighted by atomic mass is 10.1. The molecule has 0 N–H and O–H groups in total. The summed E-state index contributed by atoms with van der Waals surface area (Å²) in [5.74, 6) is 0. The summed E-state index contributed by atoms with van der Waals surface area (Å²) in [6, 6.07) is 10.7. The number of piperidine rings is 1. The summed E-state index contributed by atoms with van der Waals surface area (Å²) in [5.41, 5.74) is 3.11. The Bertz CT molecular complexity index is 1210. The number of nitrogens with zero attached hydrogens (tertiary/aromatic N) is 2. The zero-order chi connectivity index (χ0) is 23.1. The minimum Gasteiger partial charge on any atom is -0.348 e. The van der Waals surface area contributed by atoms with Gasteiger partial charge in [-0.3, -0.25) is 0 Å². The van der Waals surface area contributed by atoms with E-state index in [1.165, 1.54) is 23.5 Å². The number of aryl methyl sites for hydroxylation is 2. The van der Waals surface area contributed by atoms with Crippen molar-refractivity contribution >= 4 is 26.3 Å². The average molecular weight is 481 g/mol. The largest absolute Gasteiger partial charge is 0.417 e. The molecule has 0 bridgehead atoms. The second kappa shape index (κ2) is 8.51. The first-order chi connectivity index (χ1) is 15.1. The minimum atomic E-state index is -4.71. The van der Waals surface area contributed by atoms with Crippen molar-refractivity contribution in [1.82, 2.24) is 4.98 Å². The molecule has 0 spiro atoms. The van der Waals surface area contributed by atoms with Crippen LogP contribution in [-0.4, -0.2) is 31.7 Å². The molecule has 4 rings (SSSR count). The first kappa shape index (κ1) is 22.8. The maximum absolute atomic E-state index is 13.3. The molecule has 32 heavy (non-hydrogen) atoms. The van der Waals surface area contributed by atoms with Crippen LogP contribution in [0.2, 0.25) is 0 Å².